The number of carbonyl (C=O) groups excluding carboxylic acids is 1. The highest BCUT2D eigenvalue weighted by Gasteiger charge is 2.23. The lowest BCUT2D eigenvalue weighted by atomic mass is 10.1. The molecule has 1 unspecified atom stereocenters. The standard InChI is InChI=1S/C16H24N2O/c1-3-4-5-12(2)17-14-8-6-13(7-9-14)16(19)18-15-10-11-15/h6-9,12,15,17H,3-5,10-11H2,1-2H3,(H,18,19). The lowest BCUT2D eigenvalue weighted by molar-refractivity contribution is 0.0951. The number of benzene rings is 1. The van der Waals surface area contributed by atoms with Gasteiger partial charge in [-0.3, -0.25) is 4.79 Å². The average molecular weight is 260 g/mol. The SMILES string of the molecule is CCCCC(C)Nc1ccc(C(=O)NC2CC2)cc1. The maximum absolute atomic E-state index is 11.8. The van der Waals surface area contributed by atoms with Crippen LogP contribution in [0.15, 0.2) is 24.3 Å². The smallest absolute Gasteiger partial charge is 0.251 e. The van der Waals surface area contributed by atoms with E-state index in [1.165, 1.54) is 19.3 Å². The molecule has 0 heterocycles. The van der Waals surface area contributed by atoms with E-state index in [9.17, 15) is 4.79 Å². The Morgan fingerprint density at radius 2 is 2.00 bits per heavy atom. The molecular formula is C16H24N2O. The second-order valence-corrected chi connectivity index (χ2v) is 5.51. The fourth-order valence-electron chi connectivity index (χ4n) is 2.08. The first kappa shape index (κ1) is 13.9. The number of hydrogen-bond donors (Lipinski definition) is 2. The van der Waals surface area contributed by atoms with E-state index in [1.54, 1.807) is 0 Å². The van der Waals surface area contributed by atoms with Crippen LogP contribution >= 0.6 is 0 Å². The molecule has 19 heavy (non-hydrogen) atoms. The van der Waals surface area contributed by atoms with Crippen LogP contribution in [0.1, 0.15) is 56.3 Å². The third-order valence-corrected chi connectivity index (χ3v) is 3.46. The molecule has 0 aliphatic heterocycles. The van der Waals surface area contributed by atoms with Gasteiger partial charge >= 0.3 is 0 Å². The molecule has 1 aliphatic carbocycles. The van der Waals surface area contributed by atoms with E-state index in [1.807, 2.05) is 24.3 Å². The molecule has 0 bridgehead atoms. The molecule has 2 N–H and O–H groups in total. The van der Waals surface area contributed by atoms with Crippen LogP contribution in [-0.4, -0.2) is 18.0 Å². The monoisotopic (exact) mass is 260 g/mol. The fraction of sp³-hybridized carbons (Fsp3) is 0.562. The first-order valence-corrected chi connectivity index (χ1v) is 7.36. The van der Waals surface area contributed by atoms with E-state index in [4.69, 9.17) is 0 Å². The molecular weight excluding hydrogens is 236 g/mol. The first-order chi connectivity index (χ1) is 9.19. The van der Waals surface area contributed by atoms with Gasteiger partial charge in [-0.2, -0.15) is 0 Å². The zero-order valence-corrected chi connectivity index (χ0v) is 11.9. The van der Waals surface area contributed by atoms with E-state index < -0.39 is 0 Å². The Morgan fingerprint density at radius 3 is 2.58 bits per heavy atom. The van der Waals surface area contributed by atoms with E-state index in [0.717, 1.165) is 24.1 Å². The van der Waals surface area contributed by atoms with Gasteiger partial charge in [0, 0.05) is 23.3 Å². The highest BCUT2D eigenvalue weighted by Crippen LogP contribution is 2.20. The topological polar surface area (TPSA) is 41.1 Å². The van der Waals surface area contributed by atoms with Crippen LogP contribution in [0.5, 0.6) is 0 Å². The van der Waals surface area contributed by atoms with Crippen LogP contribution in [-0.2, 0) is 0 Å². The number of amides is 1. The summed E-state index contributed by atoms with van der Waals surface area (Å²) in [5.74, 6) is 0.0491. The van der Waals surface area contributed by atoms with Crippen molar-refractivity contribution in [3.63, 3.8) is 0 Å². The molecule has 1 fully saturated rings. The van der Waals surface area contributed by atoms with Crippen molar-refractivity contribution in [1.29, 1.82) is 0 Å². The largest absolute Gasteiger partial charge is 0.383 e. The summed E-state index contributed by atoms with van der Waals surface area (Å²) in [5, 5.41) is 6.46. The van der Waals surface area contributed by atoms with Gasteiger partial charge in [0.15, 0.2) is 0 Å². The highest BCUT2D eigenvalue weighted by atomic mass is 16.1. The van der Waals surface area contributed by atoms with Crippen LogP contribution < -0.4 is 10.6 Å². The van der Waals surface area contributed by atoms with Crippen LogP contribution in [0.4, 0.5) is 5.69 Å². The highest BCUT2D eigenvalue weighted by molar-refractivity contribution is 5.94. The van der Waals surface area contributed by atoms with Gasteiger partial charge in [0.1, 0.15) is 0 Å². The summed E-state index contributed by atoms with van der Waals surface area (Å²) in [6.45, 7) is 4.41. The second-order valence-electron chi connectivity index (χ2n) is 5.51. The summed E-state index contributed by atoms with van der Waals surface area (Å²) in [7, 11) is 0. The van der Waals surface area contributed by atoms with Gasteiger partial charge in [0.05, 0.1) is 0 Å². The molecule has 0 spiro atoms. The summed E-state index contributed by atoms with van der Waals surface area (Å²) in [6.07, 6.45) is 5.91. The van der Waals surface area contributed by atoms with Gasteiger partial charge in [-0.1, -0.05) is 19.8 Å². The van der Waals surface area contributed by atoms with Gasteiger partial charge in [-0.05, 0) is 50.5 Å². The predicted octanol–water partition coefficient (Wildman–Crippen LogP) is 3.57. The molecule has 2 rings (SSSR count). The zero-order valence-electron chi connectivity index (χ0n) is 11.9. The van der Waals surface area contributed by atoms with E-state index in [0.29, 0.717) is 12.1 Å². The fourth-order valence-corrected chi connectivity index (χ4v) is 2.08. The molecule has 1 amide bonds. The van der Waals surface area contributed by atoms with Gasteiger partial charge < -0.3 is 10.6 Å². The van der Waals surface area contributed by atoms with Crippen molar-refractivity contribution in [1.82, 2.24) is 5.32 Å². The van der Waals surface area contributed by atoms with E-state index in [-0.39, 0.29) is 5.91 Å². The Hall–Kier alpha value is -1.51. The summed E-state index contributed by atoms with van der Waals surface area (Å²) < 4.78 is 0. The van der Waals surface area contributed by atoms with Gasteiger partial charge in [0.2, 0.25) is 0 Å². The number of anilines is 1. The molecule has 3 nitrogen and oxygen atoms in total. The lowest BCUT2D eigenvalue weighted by Crippen LogP contribution is -2.25. The third-order valence-electron chi connectivity index (χ3n) is 3.46. The molecule has 1 saturated carbocycles. The Bertz CT molecular complexity index is 409. The summed E-state index contributed by atoms with van der Waals surface area (Å²) in [5.41, 5.74) is 1.84. The molecule has 1 atom stereocenters. The van der Waals surface area contributed by atoms with Crippen LogP contribution in [0.2, 0.25) is 0 Å². The summed E-state index contributed by atoms with van der Waals surface area (Å²) in [4.78, 5) is 11.8. The average Bonchev–Trinajstić information content (AvgIpc) is 3.21. The predicted molar refractivity (Wildman–Crippen MR) is 79.5 cm³/mol. The molecule has 104 valence electrons. The van der Waals surface area contributed by atoms with Crippen molar-refractivity contribution < 1.29 is 4.79 Å². The number of nitrogens with one attached hydrogen (secondary N) is 2. The Balaban J connectivity index is 1.84. The van der Waals surface area contributed by atoms with Crippen LogP contribution in [0.25, 0.3) is 0 Å². The maximum atomic E-state index is 11.8. The second kappa shape index (κ2) is 6.60. The van der Waals surface area contributed by atoms with Gasteiger partial charge in [-0.25, -0.2) is 0 Å². The summed E-state index contributed by atoms with van der Waals surface area (Å²) in [6, 6.07) is 8.67. The molecule has 1 aliphatic rings. The molecule has 0 saturated heterocycles. The lowest BCUT2D eigenvalue weighted by Gasteiger charge is -2.15. The number of rotatable bonds is 7. The third kappa shape index (κ3) is 4.58. The van der Waals surface area contributed by atoms with Crippen molar-refractivity contribution in [3.05, 3.63) is 29.8 Å². The molecule has 0 aromatic heterocycles. The van der Waals surface area contributed by atoms with Crippen molar-refractivity contribution >= 4 is 11.6 Å². The minimum atomic E-state index is 0.0491. The Kier molecular flexibility index (Phi) is 4.83. The first-order valence-electron chi connectivity index (χ1n) is 7.36. The quantitative estimate of drug-likeness (QED) is 0.787. The number of carbonyl (C=O) groups is 1. The van der Waals surface area contributed by atoms with Crippen molar-refractivity contribution in [2.75, 3.05) is 5.32 Å². The van der Waals surface area contributed by atoms with Crippen LogP contribution in [0, 0.1) is 0 Å². The maximum Gasteiger partial charge on any atom is 0.251 e. The minimum absolute atomic E-state index is 0.0491. The van der Waals surface area contributed by atoms with E-state index >= 15 is 0 Å². The van der Waals surface area contributed by atoms with E-state index in [2.05, 4.69) is 24.5 Å². The van der Waals surface area contributed by atoms with Crippen molar-refractivity contribution in [2.24, 2.45) is 0 Å². The molecule has 1 aromatic carbocycles. The number of hydrogen-bond acceptors (Lipinski definition) is 2. The number of unbranched alkanes of at least 4 members (excludes halogenated alkanes) is 1. The summed E-state index contributed by atoms with van der Waals surface area (Å²) >= 11 is 0. The Morgan fingerprint density at radius 1 is 1.32 bits per heavy atom. The zero-order chi connectivity index (χ0) is 13.7. The van der Waals surface area contributed by atoms with Crippen LogP contribution in [0.3, 0.4) is 0 Å². The van der Waals surface area contributed by atoms with Crippen molar-refractivity contribution in [2.45, 2.75) is 58.0 Å². The molecule has 0 radical (unpaired) electrons. The van der Waals surface area contributed by atoms with Gasteiger partial charge in [-0.15, -0.1) is 0 Å². The van der Waals surface area contributed by atoms with Crippen molar-refractivity contribution in [3.8, 4) is 0 Å². The normalized spacial score (nSPS) is 15.9. The Labute approximate surface area is 115 Å². The molecule has 3 heteroatoms. The van der Waals surface area contributed by atoms with Gasteiger partial charge in [0.25, 0.3) is 5.91 Å². The minimum Gasteiger partial charge on any atom is -0.383 e. The molecule has 1 aromatic rings.